The van der Waals surface area contributed by atoms with Crippen molar-refractivity contribution in [2.24, 2.45) is 0 Å². The van der Waals surface area contributed by atoms with Crippen LogP contribution in [0.1, 0.15) is 27.6 Å². The molecule has 0 N–H and O–H groups in total. The van der Waals surface area contributed by atoms with Crippen LogP contribution >= 0.6 is 22.9 Å². The number of likely N-dealkylation sites (tertiary alicyclic amines) is 1. The Hall–Kier alpha value is -1.66. The van der Waals surface area contributed by atoms with Crippen molar-refractivity contribution in [2.75, 3.05) is 13.1 Å². The molecule has 3 heterocycles. The van der Waals surface area contributed by atoms with Crippen LogP contribution in [-0.2, 0) is 0 Å². The van der Waals surface area contributed by atoms with Gasteiger partial charge in [0.25, 0.3) is 5.91 Å². The lowest BCUT2D eigenvalue weighted by molar-refractivity contribution is 0.0776. The average molecular weight is 338 g/mol. The number of amides is 1. The predicted molar refractivity (Wildman–Crippen MR) is 85.8 cm³/mol. The molecule has 0 aromatic carbocycles. The van der Waals surface area contributed by atoms with Crippen LogP contribution in [0.15, 0.2) is 18.2 Å². The Kier molecular flexibility index (Phi) is 4.31. The molecule has 116 valence electrons. The van der Waals surface area contributed by atoms with E-state index >= 15 is 0 Å². The molecule has 1 atom stereocenters. The summed E-state index contributed by atoms with van der Waals surface area (Å²) in [5.41, 5.74) is 0.877. The largest absolute Gasteiger partial charge is 0.472 e. The Labute approximate surface area is 137 Å². The zero-order valence-corrected chi connectivity index (χ0v) is 13.9. The molecule has 5 nitrogen and oxygen atoms in total. The first-order chi connectivity index (χ1) is 10.5. The minimum atomic E-state index is -0.0342. The second-order valence-electron chi connectivity index (χ2n) is 5.28. The highest BCUT2D eigenvalue weighted by Crippen LogP contribution is 2.25. The van der Waals surface area contributed by atoms with E-state index < -0.39 is 0 Å². The van der Waals surface area contributed by atoms with E-state index in [-0.39, 0.29) is 12.0 Å². The summed E-state index contributed by atoms with van der Waals surface area (Å²) in [4.78, 5) is 23.3. The summed E-state index contributed by atoms with van der Waals surface area (Å²) >= 11 is 7.19. The lowest BCUT2D eigenvalue weighted by Crippen LogP contribution is -2.30. The normalized spacial score (nSPS) is 17.8. The molecule has 1 amide bonds. The van der Waals surface area contributed by atoms with Gasteiger partial charge >= 0.3 is 0 Å². The standard InChI is InChI=1S/C15H16ClN3O2S/c1-9-7-14(18-10(2)17-9)21-11-5-6-19(8-11)15(20)12-3-4-13(16)22-12/h3-4,7,11H,5-6,8H2,1-2H3. The number of ether oxygens (including phenoxy) is 1. The maximum absolute atomic E-state index is 12.4. The molecule has 3 rings (SSSR count). The number of carbonyl (C=O) groups excluding carboxylic acids is 1. The Morgan fingerprint density at radius 3 is 2.91 bits per heavy atom. The molecular formula is C15H16ClN3O2S. The van der Waals surface area contributed by atoms with E-state index in [0.29, 0.717) is 34.0 Å². The third-order valence-electron chi connectivity index (χ3n) is 3.45. The molecule has 7 heteroatoms. The third kappa shape index (κ3) is 3.39. The van der Waals surface area contributed by atoms with Crippen LogP contribution in [0.3, 0.4) is 0 Å². The van der Waals surface area contributed by atoms with Crippen LogP contribution in [0.2, 0.25) is 4.34 Å². The SMILES string of the molecule is Cc1cc(OC2CCN(C(=O)c3ccc(Cl)s3)C2)nc(C)n1. The summed E-state index contributed by atoms with van der Waals surface area (Å²) in [5, 5.41) is 0. The quantitative estimate of drug-likeness (QED) is 0.863. The number of carbonyl (C=O) groups is 1. The summed E-state index contributed by atoms with van der Waals surface area (Å²) in [6, 6.07) is 5.33. The van der Waals surface area contributed by atoms with E-state index in [2.05, 4.69) is 9.97 Å². The van der Waals surface area contributed by atoms with Crippen molar-refractivity contribution in [3.05, 3.63) is 38.9 Å². The molecule has 1 saturated heterocycles. The maximum atomic E-state index is 12.4. The first kappa shape index (κ1) is 15.2. The van der Waals surface area contributed by atoms with Gasteiger partial charge in [0.1, 0.15) is 11.9 Å². The number of thiophene rings is 1. The van der Waals surface area contributed by atoms with Gasteiger partial charge in [-0.1, -0.05) is 11.6 Å². The molecule has 2 aromatic heterocycles. The monoisotopic (exact) mass is 337 g/mol. The first-order valence-electron chi connectivity index (χ1n) is 7.05. The topological polar surface area (TPSA) is 55.3 Å². The Balaban J connectivity index is 1.63. The molecule has 1 fully saturated rings. The lowest BCUT2D eigenvalue weighted by atomic mass is 10.3. The van der Waals surface area contributed by atoms with Crippen LogP contribution in [-0.4, -0.2) is 40.0 Å². The number of aryl methyl sites for hydroxylation is 2. The fourth-order valence-corrected chi connectivity index (χ4v) is 3.52. The van der Waals surface area contributed by atoms with E-state index in [1.807, 2.05) is 19.9 Å². The van der Waals surface area contributed by atoms with Gasteiger partial charge in [0, 0.05) is 24.7 Å². The summed E-state index contributed by atoms with van der Waals surface area (Å²) < 4.78 is 6.52. The van der Waals surface area contributed by atoms with Crippen LogP contribution in [0.25, 0.3) is 0 Å². The van der Waals surface area contributed by atoms with Crippen molar-refractivity contribution in [1.29, 1.82) is 0 Å². The molecule has 1 unspecified atom stereocenters. The number of aromatic nitrogens is 2. The number of rotatable bonds is 3. The van der Waals surface area contributed by atoms with E-state index in [1.54, 1.807) is 17.0 Å². The van der Waals surface area contributed by atoms with Gasteiger partial charge in [0.2, 0.25) is 5.88 Å². The Morgan fingerprint density at radius 1 is 1.41 bits per heavy atom. The number of halogens is 1. The molecule has 1 aliphatic heterocycles. The molecule has 0 saturated carbocycles. The number of hydrogen-bond donors (Lipinski definition) is 0. The molecule has 0 radical (unpaired) electrons. The van der Waals surface area contributed by atoms with E-state index in [4.69, 9.17) is 16.3 Å². The summed E-state index contributed by atoms with van der Waals surface area (Å²) in [5.74, 6) is 1.27. The molecule has 1 aliphatic rings. The molecule has 0 aliphatic carbocycles. The molecular weight excluding hydrogens is 322 g/mol. The first-order valence-corrected chi connectivity index (χ1v) is 8.24. The molecule has 0 spiro atoms. The van der Waals surface area contributed by atoms with Crippen LogP contribution in [0.5, 0.6) is 5.88 Å². The van der Waals surface area contributed by atoms with Crippen molar-refractivity contribution in [3.63, 3.8) is 0 Å². The van der Waals surface area contributed by atoms with E-state index in [1.165, 1.54) is 11.3 Å². The zero-order valence-electron chi connectivity index (χ0n) is 12.4. The van der Waals surface area contributed by atoms with Gasteiger partial charge in [-0.25, -0.2) is 4.98 Å². The predicted octanol–water partition coefficient (Wildman–Crippen LogP) is 3.10. The molecule has 2 aromatic rings. The van der Waals surface area contributed by atoms with Gasteiger partial charge in [-0.2, -0.15) is 4.98 Å². The van der Waals surface area contributed by atoms with Crippen molar-refractivity contribution < 1.29 is 9.53 Å². The van der Waals surface area contributed by atoms with Crippen LogP contribution in [0.4, 0.5) is 0 Å². The van der Waals surface area contributed by atoms with E-state index in [0.717, 1.165) is 12.1 Å². The van der Waals surface area contributed by atoms with Gasteiger partial charge in [-0.05, 0) is 26.0 Å². The highest BCUT2D eigenvalue weighted by atomic mass is 35.5. The van der Waals surface area contributed by atoms with Gasteiger partial charge in [-0.15, -0.1) is 11.3 Å². The minimum absolute atomic E-state index is 0.0121. The Morgan fingerprint density at radius 2 is 2.23 bits per heavy atom. The summed E-state index contributed by atoms with van der Waals surface area (Å²) in [6.07, 6.45) is 0.764. The second-order valence-corrected chi connectivity index (χ2v) is 6.99. The highest BCUT2D eigenvalue weighted by Gasteiger charge is 2.29. The van der Waals surface area contributed by atoms with Gasteiger partial charge in [0.05, 0.1) is 15.8 Å². The van der Waals surface area contributed by atoms with E-state index in [9.17, 15) is 4.79 Å². The van der Waals surface area contributed by atoms with Crippen molar-refractivity contribution in [3.8, 4) is 5.88 Å². The number of hydrogen-bond acceptors (Lipinski definition) is 5. The van der Waals surface area contributed by atoms with Crippen molar-refractivity contribution in [2.45, 2.75) is 26.4 Å². The van der Waals surface area contributed by atoms with Crippen molar-refractivity contribution in [1.82, 2.24) is 14.9 Å². The molecule has 22 heavy (non-hydrogen) atoms. The van der Waals surface area contributed by atoms with Crippen molar-refractivity contribution >= 4 is 28.8 Å². The Bertz CT molecular complexity index is 684. The van der Waals surface area contributed by atoms with Crippen LogP contribution in [0, 0.1) is 13.8 Å². The maximum Gasteiger partial charge on any atom is 0.264 e. The smallest absolute Gasteiger partial charge is 0.264 e. The van der Waals surface area contributed by atoms with Gasteiger partial charge in [-0.3, -0.25) is 4.79 Å². The second kappa shape index (κ2) is 6.22. The molecule has 0 bridgehead atoms. The van der Waals surface area contributed by atoms with Gasteiger partial charge in [0.15, 0.2) is 0 Å². The van der Waals surface area contributed by atoms with Crippen LogP contribution < -0.4 is 4.74 Å². The fraction of sp³-hybridized carbons (Fsp3) is 0.400. The average Bonchev–Trinajstić information content (AvgIpc) is 3.06. The lowest BCUT2D eigenvalue weighted by Gasteiger charge is -2.16. The summed E-state index contributed by atoms with van der Waals surface area (Å²) in [7, 11) is 0. The summed E-state index contributed by atoms with van der Waals surface area (Å²) in [6.45, 7) is 5.00. The minimum Gasteiger partial charge on any atom is -0.472 e. The fourth-order valence-electron chi connectivity index (χ4n) is 2.51. The zero-order chi connectivity index (χ0) is 15.7. The number of nitrogens with zero attached hydrogens (tertiary/aromatic N) is 3. The highest BCUT2D eigenvalue weighted by molar-refractivity contribution is 7.17. The third-order valence-corrected chi connectivity index (χ3v) is 4.67. The van der Waals surface area contributed by atoms with Gasteiger partial charge < -0.3 is 9.64 Å².